The van der Waals surface area contributed by atoms with E-state index >= 15 is 0 Å². The average Bonchev–Trinajstić information content (AvgIpc) is 3.17. The van der Waals surface area contributed by atoms with Crippen LogP contribution in [-0.4, -0.2) is 32.3 Å². The van der Waals surface area contributed by atoms with Crippen LogP contribution in [-0.2, 0) is 11.8 Å². The van der Waals surface area contributed by atoms with E-state index in [1.165, 1.54) is 23.4 Å². The topological polar surface area (TPSA) is 88.9 Å². The molecule has 0 aliphatic heterocycles. The van der Waals surface area contributed by atoms with Crippen LogP contribution >= 0.6 is 35.0 Å². The predicted octanol–water partition coefficient (Wildman–Crippen LogP) is 6.10. The molecule has 0 aliphatic rings. The van der Waals surface area contributed by atoms with Gasteiger partial charge in [0.1, 0.15) is 0 Å². The summed E-state index contributed by atoms with van der Waals surface area (Å²) in [6, 6.07) is 12.2. The van der Waals surface area contributed by atoms with Crippen molar-refractivity contribution in [1.82, 2.24) is 20.1 Å². The Kier molecular flexibility index (Phi) is 9.21. The first-order valence-electron chi connectivity index (χ1n) is 11.2. The molecule has 10 heteroatoms. The summed E-state index contributed by atoms with van der Waals surface area (Å²) in [6.45, 7) is 8.22. The molecule has 35 heavy (non-hydrogen) atoms. The van der Waals surface area contributed by atoms with Gasteiger partial charge in [-0.25, -0.2) is 0 Å². The van der Waals surface area contributed by atoms with Gasteiger partial charge in [0, 0.05) is 18.3 Å². The van der Waals surface area contributed by atoms with Crippen LogP contribution in [0.1, 0.15) is 61.4 Å². The van der Waals surface area contributed by atoms with Gasteiger partial charge in [0.25, 0.3) is 5.91 Å². The highest BCUT2D eigenvalue weighted by Crippen LogP contribution is 2.26. The highest BCUT2D eigenvalue weighted by molar-refractivity contribution is 7.99. The number of carbonyl (C=O) groups is 2. The maximum Gasteiger partial charge on any atom is 0.251 e. The number of anilines is 1. The molecule has 3 rings (SSSR count). The number of nitrogens with zero attached hydrogens (tertiary/aromatic N) is 3. The SMILES string of the molecule is CC(C)c1ccc(NC(=O)CSc2nnc([C@@H](NC(=O)c3ccc(Cl)c(Cl)c3)C(C)C)n2C)cc1. The van der Waals surface area contributed by atoms with E-state index in [4.69, 9.17) is 23.2 Å². The largest absolute Gasteiger partial charge is 0.342 e. The van der Waals surface area contributed by atoms with Gasteiger partial charge in [-0.2, -0.15) is 0 Å². The summed E-state index contributed by atoms with van der Waals surface area (Å²) in [6.07, 6.45) is 0. The minimum absolute atomic E-state index is 0.0413. The number of thioether (sulfide) groups is 1. The summed E-state index contributed by atoms with van der Waals surface area (Å²) in [5.74, 6) is 0.830. The first-order valence-corrected chi connectivity index (χ1v) is 13.0. The van der Waals surface area contributed by atoms with Crippen molar-refractivity contribution in [1.29, 1.82) is 0 Å². The molecule has 0 radical (unpaired) electrons. The molecule has 0 bridgehead atoms. The molecule has 2 amide bonds. The fourth-order valence-corrected chi connectivity index (χ4v) is 4.41. The minimum atomic E-state index is -0.392. The van der Waals surface area contributed by atoms with Crippen molar-refractivity contribution in [3.8, 4) is 0 Å². The zero-order chi connectivity index (χ0) is 25.7. The third-order valence-electron chi connectivity index (χ3n) is 5.48. The van der Waals surface area contributed by atoms with Gasteiger partial charge >= 0.3 is 0 Å². The van der Waals surface area contributed by atoms with Crippen molar-refractivity contribution in [3.05, 3.63) is 69.5 Å². The number of hydrogen-bond acceptors (Lipinski definition) is 5. The van der Waals surface area contributed by atoms with E-state index in [1.54, 1.807) is 16.7 Å². The Bertz CT molecular complexity index is 1200. The molecule has 0 unspecified atom stereocenters. The molecular weight excluding hydrogens is 505 g/mol. The summed E-state index contributed by atoms with van der Waals surface area (Å²) < 4.78 is 1.80. The molecular formula is C25H29Cl2N5O2S. The lowest BCUT2D eigenvalue weighted by atomic mass is 10.0. The molecule has 0 spiro atoms. The summed E-state index contributed by atoms with van der Waals surface area (Å²) >= 11 is 13.3. The van der Waals surface area contributed by atoms with Gasteiger partial charge in [0.2, 0.25) is 5.91 Å². The standard InChI is InChI=1S/C25H29Cl2N5O2S/c1-14(2)16-6-9-18(10-7-16)28-21(33)13-35-25-31-30-23(32(25)5)22(15(3)4)29-24(34)17-8-11-19(26)20(27)12-17/h6-12,14-15,22H,13H2,1-5H3,(H,28,33)(H,29,34)/t22-/m0/s1. The Morgan fingerprint density at radius 1 is 1.00 bits per heavy atom. The average molecular weight is 535 g/mol. The van der Waals surface area contributed by atoms with Crippen molar-refractivity contribution in [2.45, 2.75) is 44.8 Å². The number of rotatable bonds is 9. The van der Waals surface area contributed by atoms with Gasteiger partial charge in [-0.1, -0.05) is 74.8 Å². The lowest BCUT2D eigenvalue weighted by molar-refractivity contribution is -0.113. The zero-order valence-corrected chi connectivity index (χ0v) is 22.6. The highest BCUT2D eigenvalue weighted by Gasteiger charge is 2.25. The van der Waals surface area contributed by atoms with E-state index < -0.39 is 6.04 Å². The van der Waals surface area contributed by atoms with Crippen LogP contribution in [0.15, 0.2) is 47.6 Å². The number of hydrogen-bond donors (Lipinski definition) is 2. The number of amides is 2. The lowest BCUT2D eigenvalue weighted by Gasteiger charge is -2.22. The number of benzene rings is 2. The first kappa shape index (κ1) is 27.0. The van der Waals surface area contributed by atoms with Crippen LogP contribution in [0.5, 0.6) is 0 Å². The zero-order valence-electron chi connectivity index (χ0n) is 20.3. The molecule has 3 aromatic rings. The summed E-state index contributed by atoms with van der Waals surface area (Å²) in [5, 5.41) is 15.7. The quantitative estimate of drug-likeness (QED) is 0.324. The second-order valence-corrected chi connectivity index (χ2v) is 10.6. The molecule has 2 N–H and O–H groups in total. The van der Waals surface area contributed by atoms with Crippen LogP contribution in [0.4, 0.5) is 5.69 Å². The number of halogens is 2. The highest BCUT2D eigenvalue weighted by atomic mass is 35.5. The summed E-state index contributed by atoms with van der Waals surface area (Å²) in [7, 11) is 1.82. The van der Waals surface area contributed by atoms with Crippen molar-refractivity contribution in [2.75, 3.05) is 11.1 Å². The number of aromatic nitrogens is 3. The van der Waals surface area contributed by atoms with Crippen LogP contribution in [0, 0.1) is 5.92 Å². The normalized spacial score (nSPS) is 12.1. The van der Waals surface area contributed by atoms with Gasteiger partial charge in [-0.05, 0) is 47.7 Å². The van der Waals surface area contributed by atoms with Crippen LogP contribution in [0.3, 0.4) is 0 Å². The van der Waals surface area contributed by atoms with Crippen LogP contribution < -0.4 is 10.6 Å². The fourth-order valence-electron chi connectivity index (χ4n) is 3.39. The van der Waals surface area contributed by atoms with E-state index in [2.05, 4.69) is 34.7 Å². The second-order valence-electron chi connectivity index (χ2n) is 8.84. The summed E-state index contributed by atoms with van der Waals surface area (Å²) in [5.41, 5.74) is 2.37. The molecule has 0 saturated carbocycles. The van der Waals surface area contributed by atoms with E-state index in [0.717, 1.165) is 5.69 Å². The van der Waals surface area contributed by atoms with E-state index in [1.807, 2.05) is 45.2 Å². The number of nitrogens with one attached hydrogen (secondary N) is 2. The molecule has 0 saturated heterocycles. The molecule has 186 valence electrons. The van der Waals surface area contributed by atoms with E-state index in [9.17, 15) is 9.59 Å². The van der Waals surface area contributed by atoms with Gasteiger partial charge in [0.15, 0.2) is 11.0 Å². The van der Waals surface area contributed by atoms with Gasteiger partial charge < -0.3 is 15.2 Å². The molecule has 7 nitrogen and oxygen atoms in total. The van der Waals surface area contributed by atoms with Gasteiger partial charge in [-0.3, -0.25) is 9.59 Å². The maximum absolute atomic E-state index is 12.8. The van der Waals surface area contributed by atoms with Crippen molar-refractivity contribution < 1.29 is 9.59 Å². The second kappa shape index (κ2) is 11.9. The Morgan fingerprint density at radius 2 is 1.69 bits per heavy atom. The molecule has 0 aliphatic carbocycles. The molecule has 1 atom stereocenters. The molecule has 1 heterocycles. The minimum Gasteiger partial charge on any atom is -0.342 e. The molecule has 1 aromatic heterocycles. The van der Waals surface area contributed by atoms with E-state index in [0.29, 0.717) is 32.5 Å². The lowest BCUT2D eigenvalue weighted by Crippen LogP contribution is -2.33. The van der Waals surface area contributed by atoms with E-state index in [-0.39, 0.29) is 23.5 Å². The van der Waals surface area contributed by atoms with Crippen molar-refractivity contribution in [2.24, 2.45) is 13.0 Å². The number of carbonyl (C=O) groups excluding carboxylic acids is 2. The molecule has 0 fully saturated rings. The molecule has 2 aromatic carbocycles. The summed E-state index contributed by atoms with van der Waals surface area (Å²) in [4.78, 5) is 25.3. The Balaban J connectivity index is 1.64. The maximum atomic E-state index is 12.8. The third kappa shape index (κ3) is 6.99. The van der Waals surface area contributed by atoms with Crippen LogP contribution in [0.25, 0.3) is 0 Å². The van der Waals surface area contributed by atoms with Crippen molar-refractivity contribution >= 4 is 52.5 Å². The Labute approximate surface area is 220 Å². The van der Waals surface area contributed by atoms with Crippen LogP contribution in [0.2, 0.25) is 10.0 Å². The Morgan fingerprint density at radius 3 is 2.29 bits per heavy atom. The predicted molar refractivity (Wildman–Crippen MR) is 142 cm³/mol. The van der Waals surface area contributed by atoms with Gasteiger partial charge in [0.05, 0.1) is 21.8 Å². The fraction of sp³-hybridized carbons (Fsp3) is 0.360. The monoisotopic (exact) mass is 533 g/mol. The Hall–Kier alpha value is -2.55. The first-order chi connectivity index (χ1) is 16.6. The smallest absolute Gasteiger partial charge is 0.251 e. The van der Waals surface area contributed by atoms with Gasteiger partial charge in [-0.15, -0.1) is 10.2 Å². The van der Waals surface area contributed by atoms with Crippen molar-refractivity contribution in [3.63, 3.8) is 0 Å². The third-order valence-corrected chi connectivity index (χ3v) is 7.23.